The van der Waals surface area contributed by atoms with Gasteiger partial charge in [0.25, 0.3) is 0 Å². The molecule has 0 radical (unpaired) electrons. The Morgan fingerprint density at radius 1 is 1.69 bits per heavy atom. The van der Waals surface area contributed by atoms with Crippen LogP contribution in [-0.4, -0.2) is 10.9 Å². The van der Waals surface area contributed by atoms with Gasteiger partial charge in [-0.3, -0.25) is 9.78 Å². The molecule has 0 aliphatic rings. The van der Waals surface area contributed by atoms with Crippen molar-refractivity contribution < 1.29 is 9.18 Å². The molecule has 1 aromatic heterocycles. The van der Waals surface area contributed by atoms with Crippen molar-refractivity contribution in [3.63, 3.8) is 0 Å². The lowest BCUT2D eigenvalue weighted by Crippen LogP contribution is -2.19. The van der Waals surface area contributed by atoms with Crippen LogP contribution in [0.3, 0.4) is 0 Å². The molecule has 3 nitrogen and oxygen atoms in total. The molecule has 2 N–H and O–H groups in total. The molecule has 1 amide bonds. The van der Waals surface area contributed by atoms with Crippen LogP contribution in [0.2, 0.25) is 0 Å². The second-order valence-electron chi connectivity index (χ2n) is 2.97. The van der Waals surface area contributed by atoms with Gasteiger partial charge in [0, 0.05) is 11.3 Å². The number of nitrogens with zero attached hydrogens (tertiary/aromatic N) is 1. The molecule has 13 heavy (non-hydrogen) atoms. The summed E-state index contributed by atoms with van der Waals surface area (Å²) in [4.78, 5) is 14.6. The van der Waals surface area contributed by atoms with Crippen LogP contribution < -0.4 is 5.73 Å². The van der Waals surface area contributed by atoms with Crippen molar-refractivity contribution in [3.8, 4) is 0 Å². The lowest BCUT2D eigenvalue weighted by molar-refractivity contribution is -0.119. The predicted octanol–water partition coefficient (Wildman–Crippen LogP) is 1.12. The minimum absolute atomic E-state index is 0.306. The zero-order valence-corrected chi connectivity index (χ0v) is 7.54. The molecule has 4 heteroatoms. The van der Waals surface area contributed by atoms with E-state index in [2.05, 4.69) is 4.98 Å². The monoisotopic (exact) mass is 182 g/mol. The molecule has 0 aromatic carbocycles. The maximum absolute atomic E-state index is 13.1. The van der Waals surface area contributed by atoms with Gasteiger partial charge >= 0.3 is 0 Å². The van der Waals surface area contributed by atoms with Crippen molar-refractivity contribution in [3.05, 3.63) is 29.3 Å². The van der Waals surface area contributed by atoms with E-state index in [9.17, 15) is 9.18 Å². The molecule has 0 saturated heterocycles. The molecule has 1 rings (SSSR count). The van der Waals surface area contributed by atoms with Gasteiger partial charge in [-0.25, -0.2) is 4.39 Å². The summed E-state index contributed by atoms with van der Waals surface area (Å²) in [5, 5.41) is 0. The normalized spacial score (nSPS) is 12.5. The smallest absolute Gasteiger partial charge is 0.224 e. The Balaban J connectivity index is 3.12. The molecule has 0 aliphatic carbocycles. The number of hydrogen-bond donors (Lipinski definition) is 1. The second-order valence-corrected chi connectivity index (χ2v) is 2.97. The summed E-state index contributed by atoms with van der Waals surface area (Å²) in [7, 11) is 0. The Bertz CT molecular complexity index is 338. The molecule has 1 aromatic rings. The van der Waals surface area contributed by atoms with Gasteiger partial charge in [-0.1, -0.05) is 0 Å². The van der Waals surface area contributed by atoms with Crippen molar-refractivity contribution in [2.45, 2.75) is 19.8 Å². The first-order chi connectivity index (χ1) is 6.02. The van der Waals surface area contributed by atoms with Gasteiger partial charge in [0.15, 0.2) is 0 Å². The largest absolute Gasteiger partial charge is 0.369 e. The number of nitrogens with two attached hydrogens (primary N) is 1. The van der Waals surface area contributed by atoms with Crippen molar-refractivity contribution in [2.75, 3.05) is 0 Å². The summed E-state index contributed by atoms with van der Waals surface area (Å²) in [6, 6.07) is 1.53. The van der Waals surface area contributed by atoms with E-state index in [0.29, 0.717) is 11.3 Å². The average molecular weight is 182 g/mol. The van der Waals surface area contributed by atoms with Crippen molar-refractivity contribution in [2.24, 2.45) is 5.73 Å². The number of carbonyl (C=O) groups excluding carboxylic acids is 1. The number of aryl methyl sites for hydroxylation is 1. The first-order valence-electron chi connectivity index (χ1n) is 3.93. The van der Waals surface area contributed by atoms with Crippen LogP contribution in [-0.2, 0) is 4.79 Å². The number of hydrogen-bond acceptors (Lipinski definition) is 2. The van der Waals surface area contributed by atoms with Gasteiger partial charge in [-0.2, -0.15) is 0 Å². The van der Waals surface area contributed by atoms with Gasteiger partial charge in [-0.15, -0.1) is 0 Å². The molecule has 1 unspecified atom stereocenters. The van der Waals surface area contributed by atoms with E-state index >= 15 is 0 Å². The standard InChI is InChI=1S/C9H11FN2O/c1-5-3-7(6(2)9(11)13)8(10)4-12-5/h3-4,6H,1-2H3,(H2,11,13). The Kier molecular flexibility index (Phi) is 2.60. The highest BCUT2D eigenvalue weighted by molar-refractivity contribution is 5.81. The molecule has 0 fully saturated rings. The third-order valence-corrected chi connectivity index (χ3v) is 1.91. The highest BCUT2D eigenvalue weighted by Crippen LogP contribution is 2.18. The van der Waals surface area contributed by atoms with Crippen molar-refractivity contribution in [1.29, 1.82) is 0 Å². The fourth-order valence-corrected chi connectivity index (χ4v) is 1.05. The summed E-state index contributed by atoms with van der Waals surface area (Å²) in [5.74, 6) is -1.64. The molecule has 70 valence electrons. The minimum Gasteiger partial charge on any atom is -0.369 e. The van der Waals surface area contributed by atoms with Gasteiger partial charge in [0.05, 0.1) is 12.1 Å². The van der Waals surface area contributed by atoms with Crippen LogP contribution >= 0.6 is 0 Å². The third kappa shape index (κ3) is 2.02. The predicted molar refractivity (Wildman–Crippen MR) is 46.5 cm³/mol. The minimum atomic E-state index is -0.610. The highest BCUT2D eigenvalue weighted by Gasteiger charge is 2.16. The quantitative estimate of drug-likeness (QED) is 0.745. The summed E-state index contributed by atoms with van der Waals surface area (Å²) >= 11 is 0. The number of carbonyl (C=O) groups is 1. The van der Waals surface area contributed by atoms with Crippen molar-refractivity contribution in [1.82, 2.24) is 4.98 Å². The summed E-state index contributed by atoms with van der Waals surface area (Å²) in [6.45, 7) is 3.30. The molecular formula is C9H11FN2O. The van der Waals surface area contributed by atoms with Crippen LogP contribution in [0.15, 0.2) is 12.3 Å². The zero-order valence-electron chi connectivity index (χ0n) is 7.54. The number of rotatable bonds is 2. The van der Waals surface area contributed by atoms with Gasteiger partial charge in [-0.05, 0) is 19.9 Å². The Hall–Kier alpha value is -1.45. The van der Waals surface area contributed by atoms with E-state index in [-0.39, 0.29) is 0 Å². The van der Waals surface area contributed by atoms with Crippen LogP contribution in [0, 0.1) is 12.7 Å². The second kappa shape index (κ2) is 3.51. The number of halogens is 1. The summed E-state index contributed by atoms with van der Waals surface area (Å²) in [6.07, 6.45) is 1.10. The number of amides is 1. The summed E-state index contributed by atoms with van der Waals surface area (Å²) < 4.78 is 13.1. The Morgan fingerprint density at radius 3 is 2.85 bits per heavy atom. The first-order valence-corrected chi connectivity index (χ1v) is 3.93. The van der Waals surface area contributed by atoms with E-state index < -0.39 is 17.6 Å². The topological polar surface area (TPSA) is 56.0 Å². The van der Waals surface area contributed by atoms with E-state index in [1.807, 2.05) is 0 Å². The fourth-order valence-electron chi connectivity index (χ4n) is 1.05. The molecular weight excluding hydrogens is 171 g/mol. The van der Waals surface area contributed by atoms with Crippen molar-refractivity contribution >= 4 is 5.91 Å². The Labute approximate surface area is 75.8 Å². The molecule has 0 bridgehead atoms. The fraction of sp³-hybridized carbons (Fsp3) is 0.333. The molecule has 0 aliphatic heterocycles. The van der Waals surface area contributed by atoms with Crippen LogP contribution in [0.1, 0.15) is 24.1 Å². The molecule has 0 spiro atoms. The third-order valence-electron chi connectivity index (χ3n) is 1.91. The first kappa shape index (κ1) is 9.64. The van der Waals surface area contributed by atoms with Gasteiger partial charge in [0.1, 0.15) is 5.82 Å². The zero-order chi connectivity index (χ0) is 10.0. The molecule has 1 heterocycles. The van der Waals surface area contributed by atoms with Gasteiger partial charge in [0.2, 0.25) is 5.91 Å². The maximum atomic E-state index is 13.1. The average Bonchev–Trinajstić information content (AvgIpc) is 2.08. The maximum Gasteiger partial charge on any atom is 0.224 e. The number of pyridine rings is 1. The highest BCUT2D eigenvalue weighted by atomic mass is 19.1. The van der Waals surface area contributed by atoms with Crippen LogP contribution in [0.25, 0.3) is 0 Å². The van der Waals surface area contributed by atoms with Crippen LogP contribution in [0.5, 0.6) is 0 Å². The van der Waals surface area contributed by atoms with E-state index in [0.717, 1.165) is 6.20 Å². The lowest BCUT2D eigenvalue weighted by atomic mass is 10.0. The Morgan fingerprint density at radius 2 is 2.31 bits per heavy atom. The number of aromatic nitrogens is 1. The van der Waals surface area contributed by atoms with E-state index in [1.165, 1.54) is 6.07 Å². The van der Waals surface area contributed by atoms with Crippen LogP contribution in [0.4, 0.5) is 4.39 Å². The SMILES string of the molecule is Cc1cc(C(C)C(N)=O)c(F)cn1. The number of primary amides is 1. The molecule has 1 atom stereocenters. The van der Waals surface area contributed by atoms with Gasteiger partial charge < -0.3 is 5.73 Å². The van der Waals surface area contributed by atoms with E-state index in [1.54, 1.807) is 13.8 Å². The summed E-state index contributed by atoms with van der Waals surface area (Å²) in [5.41, 5.74) is 6.04. The lowest BCUT2D eigenvalue weighted by Gasteiger charge is -2.08. The van der Waals surface area contributed by atoms with E-state index in [4.69, 9.17) is 5.73 Å². The molecule has 0 saturated carbocycles.